The van der Waals surface area contributed by atoms with Crippen LogP contribution in [0.2, 0.25) is 0 Å². The van der Waals surface area contributed by atoms with Crippen molar-refractivity contribution >= 4 is 17.2 Å². The van der Waals surface area contributed by atoms with E-state index in [9.17, 15) is 9.18 Å². The fraction of sp³-hybridized carbons (Fsp3) is 0.269. The molecule has 170 valence electrons. The Bertz CT molecular complexity index is 1150. The number of hydrogen-bond acceptors (Lipinski definition) is 4. The summed E-state index contributed by atoms with van der Waals surface area (Å²) in [5.74, 6) is -0.599. The third kappa shape index (κ3) is 5.62. The zero-order valence-corrected chi connectivity index (χ0v) is 18.7. The standard InChI is InChI=1S/C26H27FN4O2/c1-3-11-31-16-21(14-29-31)20-12-18(2)25(33-17-19-6-8-22(27)9-7-19)24(13-20)26(32)30-23-5-4-10-28-15-23/h4-10,12-16,18,25H,3,11,17H2,1-2H3,(H,30,32). The van der Waals surface area contributed by atoms with Crippen LogP contribution in [0, 0.1) is 11.7 Å². The lowest BCUT2D eigenvalue weighted by atomic mass is 9.86. The maximum absolute atomic E-state index is 13.3. The summed E-state index contributed by atoms with van der Waals surface area (Å²) < 4.78 is 21.3. The fourth-order valence-corrected chi connectivity index (χ4v) is 3.84. The number of aryl methyl sites for hydroxylation is 1. The van der Waals surface area contributed by atoms with Gasteiger partial charge in [0.2, 0.25) is 0 Å². The number of benzene rings is 1. The molecule has 2 unspecified atom stereocenters. The quantitative estimate of drug-likeness (QED) is 0.528. The molecule has 7 heteroatoms. The molecule has 3 aromatic rings. The molecule has 0 spiro atoms. The average molecular weight is 447 g/mol. The third-order valence-corrected chi connectivity index (χ3v) is 5.48. The number of hydrogen-bond donors (Lipinski definition) is 1. The van der Waals surface area contributed by atoms with Crippen molar-refractivity contribution in [3.63, 3.8) is 0 Å². The average Bonchev–Trinajstić information content (AvgIpc) is 3.28. The molecule has 0 saturated carbocycles. The molecule has 1 N–H and O–H groups in total. The van der Waals surface area contributed by atoms with Crippen molar-refractivity contribution in [3.8, 4) is 0 Å². The monoisotopic (exact) mass is 446 g/mol. The molecular weight excluding hydrogens is 419 g/mol. The van der Waals surface area contributed by atoms with Crippen LogP contribution >= 0.6 is 0 Å². The first-order valence-corrected chi connectivity index (χ1v) is 11.1. The Kier molecular flexibility index (Phi) is 7.10. The van der Waals surface area contributed by atoms with E-state index in [1.165, 1.54) is 12.1 Å². The van der Waals surface area contributed by atoms with Gasteiger partial charge in [0.25, 0.3) is 5.91 Å². The molecule has 6 nitrogen and oxygen atoms in total. The number of halogens is 1. The van der Waals surface area contributed by atoms with Gasteiger partial charge in [0, 0.05) is 36.0 Å². The second kappa shape index (κ2) is 10.4. The molecule has 2 atom stereocenters. The number of aromatic nitrogens is 3. The molecule has 0 fully saturated rings. The first-order valence-electron chi connectivity index (χ1n) is 11.1. The lowest BCUT2D eigenvalue weighted by molar-refractivity contribution is -0.114. The highest BCUT2D eigenvalue weighted by atomic mass is 19.1. The Morgan fingerprint density at radius 3 is 2.76 bits per heavy atom. The van der Waals surface area contributed by atoms with Crippen molar-refractivity contribution in [1.29, 1.82) is 0 Å². The summed E-state index contributed by atoms with van der Waals surface area (Å²) in [5, 5.41) is 7.34. The highest BCUT2D eigenvalue weighted by Gasteiger charge is 2.30. The number of anilines is 1. The Morgan fingerprint density at radius 2 is 2.03 bits per heavy atom. The summed E-state index contributed by atoms with van der Waals surface area (Å²) in [4.78, 5) is 17.3. The zero-order valence-electron chi connectivity index (χ0n) is 18.7. The molecule has 2 heterocycles. The molecule has 0 radical (unpaired) electrons. The van der Waals surface area contributed by atoms with E-state index in [0.717, 1.165) is 29.7 Å². The highest BCUT2D eigenvalue weighted by molar-refractivity contribution is 6.06. The lowest BCUT2D eigenvalue weighted by Crippen LogP contribution is -2.32. The summed E-state index contributed by atoms with van der Waals surface area (Å²) in [6.07, 6.45) is 11.6. The summed E-state index contributed by atoms with van der Waals surface area (Å²) in [5.41, 5.74) is 3.86. The number of nitrogens with zero attached hydrogens (tertiary/aromatic N) is 3. The number of nitrogens with one attached hydrogen (secondary N) is 1. The van der Waals surface area contributed by atoms with Gasteiger partial charge in [-0.05, 0) is 47.9 Å². The summed E-state index contributed by atoms with van der Waals surface area (Å²) in [6.45, 7) is 5.23. The van der Waals surface area contributed by atoms with E-state index in [0.29, 0.717) is 11.3 Å². The minimum absolute atomic E-state index is 0.0605. The fourth-order valence-electron chi connectivity index (χ4n) is 3.84. The Morgan fingerprint density at radius 1 is 1.21 bits per heavy atom. The van der Waals surface area contributed by atoms with E-state index in [2.05, 4.69) is 28.4 Å². The van der Waals surface area contributed by atoms with Gasteiger partial charge in [-0.3, -0.25) is 14.5 Å². The van der Waals surface area contributed by atoms with Gasteiger partial charge >= 0.3 is 0 Å². The Labute approximate surface area is 192 Å². The third-order valence-electron chi connectivity index (χ3n) is 5.48. The van der Waals surface area contributed by atoms with E-state index in [-0.39, 0.29) is 24.2 Å². The van der Waals surface area contributed by atoms with Crippen molar-refractivity contribution in [3.05, 3.63) is 95.9 Å². The molecule has 1 aliphatic rings. The van der Waals surface area contributed by atoms with Gasteiger partial charge in [-0.15, -0.1) is 0 Å². The Balaban J connectivity index is 1.60. The van der Waals surface area contributed by atoms with E-state index < -0.39 is 6.10 Å². The number of rotatable bonds is 8. The summed E-state index contributed by atoms with van der Waals surface area (Å²) in [7, 11) is 0. The summed E-state index contributed by atoms with van der Waals surface area (Å²) in [6, 6.07) is 9.74. The summed E-state index contributed by atoms with van der Waals surface area (Å²) >= 11 is 0. The molecule has 2 aromatic heterocycles. The predicted octanol–water partition coefficient (Wildman–Crippen LogP) is 5.01. The van der Waals surface area contributed by atoms with Crippen molar-refractivity contribution < 1.29 is 13.9 Å². The van der Waals surface area contributed by atoms with Crippen LogP contribution in [0.4, 0.5) is 10.1 Å². The molecule has 0 bridgehead atoms. The Hall–Kier alpha value is -3.58. The van der Waals surface area contributed by atoms with Gasteiger partial charge in [0.15, 0.2) is 0 Å². The molecule has 1 aliphatic carbocycles. The zero-order chi connectivity index (χ0) is 23.2. The van der Waals surface area contributed by atoms with Crippen LogP contribution < -0.4 is 5.32 Å². The van der Waals surface area contributed by atoms with Gasteiger partial charge < -0.3 is 10.1 Å². The number of amides is 1. The van der Waals surface area contributed by atoms with E-state index >= 15 is 0 Å². The van der Waals surface area contributed by atoms with Crippen LogP contribution in [0.3, 0.4) is 0 Å². The second-order valence-corrected chi connectivity index (χ2v) is 8.13. The SMILES string of the molecule is CCCn1cc(C2=CC(C)C(OCc3ccc(F)cc3)C(C(=O)Nc3cccnc3)=C2)cn1. The first-order chi connectivity index (χ1) is 16.0. The van der Waals surface area contributed by atoms with Crippen LogP contribution in [-0.4, -0.2) is 26.8 Å². The van der Waals surface area contributed by atoms with Gasteiger partial charge in [-0.1, -0.05) is 32.1 Å². The topological polar surface area (TPSA) is 69.0 Å². The van der Waals surface area contributed by atoms with Crippen molar-refractivity contribution in [1.82, 2.24) is 14.8 Å². The molecule has 33 heavy (non-hydrogen) atoms. The van der Waals surface area contributed by atoms with Gasteiger partial charge in [0.1, 0.15) is 5.82 Å². The lowest BCUT2D eigenvalue weighted by Gasteiger charge is -2.29. The van der Waals surface area contributed by atoms with E-state index in [1.54, 1.807) is 36.7 Å². The van der Waals surface area contributed by atoms with Crippen molar-refractivity contribution in [2.75, 3.05) is 5.32 Å². The molecule has 4 rings (SSSR count). The number of allylic oxidation sites excluding steroid dienone is 2. The van der Waals surface area contributed by atoms with Crippen LogP contribution in [0.5, 0.6) is 0 Å². The van der Waals surface area contributed by atoms with Crippen molar-refractivity contribution in [2.45, 2.75) is 39.5 Å². The smallest absolute Gasteiger partial charge is 0.254 e. The van der Waals surface area contributed by atoms with Gasteiger partial charge in [-0.2, -0.15) is 5.10 Å². The van der Waals surface area contributed by atoms with Crippen molar-refractivity contribution in [2.24, 2.45) is 5.92 Å². The van der Waals surface area contributed by atoms with E-state index in [1.807, 2.05) is 30.1 Å². The highest BCUT2D eigenvalue weighted by Crippen LogP contribution is 2.32. The molecule has 1 amide bonds. The predicted molar refractivity (Wildman–Crippen MR) is 126 cm³/mol. The molecule has 0 saturated heterocycles. The molecule has 1 aromatic carbocycles. The maximum atomic E-state index is 13.3. The molecule has 0 aliphatic heterocycles. The largest absolute Gasteiger partial charge is 0.368 e. The second-order valence-electron chi connectivity index (χ2n) is 8.13. The normalized spacial score (nSPS) is 17.9. The van der Waals surface area contributed by atoms with Crippen LogP contribution in [0.15, 0.2) is 78.9 Å². The maximum Gasteiger partial charge on any atom is 0.254 e. The number of ether oxygens (including phenoxy) is 1. The number of carbonyl (C=O) groups is 1. The number of carbonyl (C=O) groups excluding carboxylic acids is 1. The minimum atomic E-state index is -0.457. The van der Waals surface area contributed by atoms with E-state index in [4.69, 9.17) is 4.74 Å². The van der Waals surface area contributed by atoms with Gasteiger partial charge in [-0.25, -0.2) is 4.39 Å². The van der Waals surface area contributed by atoms with Gasteiger partial charge in [0.05, 0.1) is 30.8 Å². The molecular formula is C26H27FN4O2. The van der Waals surface area contributed by atoms with Crippen LogP contribution in [-0.2, 0) is 22.7 Å². The van der Waals surface area contributed by atoms with Crippen LogP contribution in [0.1, 0.15) is 31.4 Å². The van der Waals surface area contributed by atoms with Crippen LogP contribution in [0.25, 0.3) is 5.57 Å². The first kappa shape index (κ1) is 22.6. The minimum Gasteiger partial charge on any atom is -0.368 e. The number of pyridine rings is 1.